The summed E-state index contributed by atoms with van der Waals surface area (Å²) in [5.41, 5.74) is -2.70. The third kappa shape index (κ3) is 7.50. The minimum Gasteiger partial charge on any atom is -0.473 e. The van der Waals surface area contributed by atoms with E-state index < -0.39 is 47.0 Å². The first-order chi connectivity index (χ1) is 16.6. The van der Waals surface area contributed by atoms with Crippen LogP contribution >= 0.6 is 0 Å². The van der Waals surface area contributed by atoms with Crippen LogP contribution < -0.4 is 10.1 Å². The average Bonchev–Trinajstić information content (AvgIpc) is 3.16. The Labute approximate surface area is 211 Å². The number of rotatable bonds is 6. The van der Waals surface area contributed by atoms with Gasteiger partial charge >= 0.3 is 24.1 Å². The van der Waals surface area contributed by atoms with Crippen LogP contribution in [0.5, 0.6) is 5.75 Å². The Kier molecular flexibility index (Phi) is 8.82. The van der Waals surface area contributed by atoms with Crippen molar-refractivity contribution in [2.75, 3.05) is 20.8 Å². The van der Waals surface area contributed by atoms with Gasteiger partial charge in [0.15, 0.2) is 0 Å². The molecule has 1 N–H and O–H groups in total. The van der Waals surface area contributed by atoms with E-state index in [9.17, 15) is 19.2 Å². The number of nitrogens with zero attached hydrogens (tertiary/aromatic N) is 1. The lowest BCUT2D eigenvalue weighted by Crippen LogP contribution is -2.49. The highest BCUT2D eigenvalue weighted by molar-refractivity contribution is 5.88. The zero-order chi connectivity index (χ0) is 27.3. The molecule has 1 aliphatic heterocycles. The summed E-state index contributed by atoms with van der Waals surface area (Å²) in [7, 11) is 2.37. The van der Waals surface area contributed by atoms with Crippen molar-refractivity contribution in [3.63, 3.8) is 0 Å². The molecule has 2 atom stereocenters. The van der Waals surface area contributed by atoms with Crippen molar-refractivity contribution < 1.29 is 42.9 Å². The molecule has 0 aromatic heterocycles. The van der Waals surface area contributed by atoms with E-state index in [0.29, 0.717) is 5.56 Å². The van der Waals surface area contributed by atoms with Gasteiger partial charge in [-0.3, -0.25) is 4.90 Å². The molecule has 1 aromatic rings. The number of carbonyl (C=O) groups is 4. The molecule has 0 spiro atoms. The fraction of sp³-hybridized carbons (Fsp3) is 0.600. The fourth-order valence-electron chi connectivity index (χ4n) is 3.62. The highest BCUT2D eigenvalue weighted by Crippen LogP contribution is 2.36. The van der Waals surface area contributed by atoms with Gasteiger partial charge in [0.2, 0.25) is 5.60 Å². The number of para-hydroxylation sites is 1. The van der Waals surface area contributed by atoms with Crippen molar-refractivity contribution in [2.24, 2.45) is 0 Å². The van der Waals surface area contributed by atoms with E-state index in [-0.39, 0.29) is 25.3 Å². The van der Waals surface area contributed by atoms with E-state index in [4.69, 9.17) is 23.7 Å². The van der Waals surface area contributed by atoms with Crippen molar-refractivity contribution >= 4 is 24.1 Å². The summed E-state index contributed by atoms with van der Waals surface area (Å²) in [5, 5.41) is 2.65. The van der Waals surface area contributed by atoms with Gasteiger partial charge < -0.3 is 29.0 Å². The predicted octanol–water partition coefficient (Wildman–Crippen LogP) is 3.18. The molecule has 11 heteroatoms. The van der Waals surface area contributed by atoms with Crippen molar-refractivity contribution in [2.45, 2.75) is 77.4 Å². The molecule has 1 heterocycles. The summed E-state index contributed by atoms with van der Waals surface area (Å²) in [6, 6.07) is 5.60. The number of carbonyl (C=O) groups excluding carboxylic acids is 4. The minimum absolute atomic E-state index is 0.0402. The van der Waals surface area contributed by atoms with Gasteiger partial charge in [0, 0.05) is 18.5 Å². The van der Waals surface area contributed by atoms with Gasteiger partial charge in [-0.2, -0.15) is 0 Å². The van der Waals surface area contributed by atoms with Gasteiger partial charge in [-0.1, -0.05) is 18.2 Å². The molecule has 1 aromatic carbocycles. The molecule has 2 rings (SSSR count). The van der Waals surface area contributed by atoms with Crippen LogP contribution in [0.4, 0.5) is 9.59 Å². The second kappa shape index (κ2) is 11.0. The number of hydrogen-bond donors (Lipinski definition) is 1. The van der Waals surface area contributed by atoms with Crippen LogP contribution in [0, 0.1) is 0 Å². The number of hydrogen-bond acceptors (Lipinski definition) is 9. The number of alkyl carbamates (subject to hydrolysis) is 1. The largest absolute Gasteiger partial charge is 0.473 e. The molecule has 0 unspecified atom stereocenters. The van der Waals surface area contributed by atoms with Gasteiger partial charge in [0.25, 0.3) is 0 Å². The molecule has 36 heavy (non-hydrogen) atoms. The first kappa shape index (κ1) is 28.7. The SMILES string of the molecule is COC(=O)[C@@H]1C[C@](Oc2ccccc2CNC(=O)OC(C)(C)C)(C(=O)OC)CN1C(=O)OC(C)(C)C. The lowest BCUT2D eigenvalue weighted by atomic mass is 9.99. The van der Waals surface area contributed by atoms with E-state index in [1.165, 1.54) is 14.2 Å². The monoisotopic (exact) mass is 508 g/mol. The van der Waals surface area contributed by atoms with Crippen LogP contribution in [0.1, 0.15) is 53.5 Å². The first-order valence-electron chi connectivity index (χ1n) is 11.5. The fourth-order valence-corrected chi connectivity index (χ4v) is 3.62. The van der Waals surface area contributed by atoms with Crippen LogP contribution in [-0.2, 0) is 35.1 Å². The third-order valence-corrected chi connectivity index (χ3v) is 5.08. The van der Waals surface area contributed by atoms with Gasteiger partial charge in [-0.25, -0.2) is 19.2 Å². The normalized spacial score (nSPS) is 19.8. The number of esters is 2. The van der Waals surface area contributed by atoms with E-state index >= 15 is 0 Å². The Morgan fingerprint density at radius 1 is 0.972 bits per heavy atom. The molecule has 0 radical (unpaired) electrons. The highest BCUT2D eigenvalue weighted by Gasteiger charge is 2.57. The summed E-state index contributed by atoms with van der Waals surface area (Å²) in [6.45, 7) is 10.0. The third-order valence-electron chi connectivity index (χ3n) is 5.08. The van der Waals surface area contributed by atoms with E-state index in [2.05, 4.69) is 5.32 Å². The van der Waals surface area contributed by atoms with Gasteiger partial charge in [0.1, 0.15) is 23.0 Å². The van der Waals surface area contributed by atoms with E-state index in [0.717, 1.165) is 4.90 Å². The average molecular weight is 509 g/mol. The highest BCUT2D eigenvalue weighted by atomic mass is 16.6. The van der Waals surface area contributed by atoms with E-state index in [1.54, 1.807) is 65.8 Å². The maximum Gasteiger partial charge on any atom is 0.411 e. The summed E-state index contributed by atoms with van der Waals surface area (Å²) in [6.07, 6.45) is -1.64. The number of nitrogens with one attached hydrogen (secondary N) is 1. The van der Waals surface area contributed by atoms with Crippen molar-refractivity contribution in [1.29, 1.82) is 0 Å². The Balaban J connectivity index is 2.37. The number of methoxy groups -OCH3 is 2. The number of likely N-dealkylation sites (tertiary alicyclic amines) is 1. The van der Waals surface area contributed by atoms with Crippen molar-refractivity contribution in [3.05, 3.63) is 29.8 Å². The molecular weight excluding hydrogens is 472 g/mol. The molecule has 1 saturated heterocycles. The van der Waals surface area contributed by atoms with Gasteiger partial charge in [-0.15, -0.1) is 0 Å². The maximum atomic E-state index is 13.0. The van der Waals surface area contributed by atoms with Crippen LogP contribution in [0.2, 0.25) is 0 Å². The Hall–Kier alpha value is -3.50. The molecule has 0 bridgehead atoms. The van der Waals surface area contributed by atoms with Crippen molar-refractivity contribution in [3.8, 4) is 5.75 Å². The summed E-state index contributed by atoms with van der Waals surface area (Å²) >= 11 is 0. The number of amides is 2. The standard InChI is InChI=1S/C25H36N2O9/c1-23(2,3)35-21(30)26-14-16-11-9-10-12-18(16)34-25(20(29)33-8)13-17(19(28)32-7)27(15-25)22(31)36-24(4,5)6/h9-12,17H,13-15H2,1-8H3,(H,26,30)/t17-,25+/m0/s1. The molecule has 200 valence electrons. The Morgan fingerprint density at radius 2 is 1.58 bits per heavy atom. The minimum atomic E-state index is -1.73. The lowest BCUT2D eigenvalue weighted by Gasteiger charge is -2.29. The number of ether oxygens (including phenoxy) is 5. The van der Waals surface area contributed by atoms with E-state index in [1.807, 2.05) is 0 Å². The Morgan fingerprint density at radius 3 is 2.14 bits per heavy atom. The summed E-state index contributed by atoms with van der Waals surface area (Å²) in [5.74, 6) is -1.25. The van der Waals surface area contributed by atoms with Crippen molar-refractivity contribution in [1.82, 2.24) is 10.2 Å². The topological polar surface area (TPSA) is 130 Å². The zero-order valence-corrected chi connectivity index (χ0v) is 22.1. The van der Waals surface area contributed by atoms with Gasteiger partial charge in [0.05, 0.1) is 20.8 Å². The molecule has 0 saturated carbocycles. The second-order valence-electron chi connectivity index (χ2n) is 10.4. The van der Waals surface area contributed by atoms with Crippen LogP contribution in [0.25, 0.3) is 0 Å². The molecule has 11 nitrogen and oxygen atoms in total. The molecule has 1 fully saturated rings. The summed E-state index contributed by atoms with van der Waals surface area (Å²) < 4.78 is 26.8. The molecule has 2 amide bonds. The van der Waals surface area contributed by atoms with Crippen LogP contribution in [-0.4, -0.2) is 72.6 Å². The Bertz CT molecular complexity index is 980. The zero-order valence-electron chi connectivity index (χ0n) is 22.1. The molecule has 0 aliphatic carbocycles. The molecule has 1 aliphatic rings. The quantitative estimate of drug-likeness (QED) is 0.455. The smallest absolute Gasteiger partial charge is 0.411 e. The van der Waals surface area contributed by atoms with Crippen LogP contribution in [0.3, 0.4) is 0 Å². The lowest BCUT2D eigenvalue weighted by molar-refractivity contribution is -0.158. The first-order valence-corrected chi connectivity index (χ1v) is 11.5. The molecular formula is C25H36N2O9. The predicted molar refractivity (Wildman–Crippen MR) is 128 cm³/mol. The number of benzene rings is 1. The summed E-state index contributed by atoms with van der Waals surface area (Å²) in [4.78, 5) is 51.7. The van der Waals surface area contributed by atoms with Gasteiger partial charge in [-0.05, 0) is 47.6 Å². The second-order valence-corrected chi connectivity index (χ2v) is 10.4. The maximum absolute atomic E-state index is 13.0. The van der Waals surface area contributed by atoms with Crippen LogP contribution in [0.15, 0.2) is 24.3 Å².